The molecule has 26 heavy (non-hydrogen) atoms. The third-order valence-corrected chi connectivity index (χ3v) is 4.66. The van der Waals surface area contributed by atoms with E-state index in [9.17, 15) is 9.59 Å². The Balaban J connectivity index is 2.07. The van der Waals surface area contributed by atoms with Crippen LogP contribution in [-0.2, 0) is 23.8 Å². The number of halogens is 2. The van der Waals surface area contributed by atoms with Crippen molar-refractivity contribution in [2.45, 2.75) is 51.7 Å². The standard InChI is InChI=1S/C15H16ClIN4O5/c1-4-8-10(24-6(2)22)11(25-7(3)23)14(26-8)21-5-18-9-12(16)19-15(17)20-13(9)21/h5,8,10-11,14H,4H2,1-3H3/t8-,10+,11?,14-/m1/s1. The highest BCUT2D eigenvalue weighted by molar-refractivity contribution is 14.1. The molecule has 1 aliphatic heterocycles. The number of esters is 2. The molecule has 1 saturated heterocycles. The number of nitrogens with zero attached hydrogens (tertiary/aromatic N) is 4. The number of imidazole rings is 1. The smallest absolute Gasteiger partial charge is 0.303 e. The van der Waals surface area contributed by atoms with Gasteiger partial charge in [0.2, 0.25) is 0 Å². The Morgan fingerprint density at radius 3 is 2.54 bits per heavy atom. The molecule has 11 heteroatoms. The van der Waals surface area contributed by atoms with E-state index >= 15 is 0 Å². The molecule has 3 rings (SSSR count). The van der Waals surface area contributed by atoms with Crippen LogP contribution in [0.2, 0.25) is 5.15 Å². The maximum absolute atomic E-state index is 11.6. The average molecular weight is 495 g/mol. The van der Waals surface area contributed by atoms with Gasteiger partial charge in [0, 0.05) is 36.4 Å². The summed E-state index contributed by atoms with van der Waals surface area (Å²) in [6.07, 6.45) is -0.732. The van der Waals surface area contributed by atoms with E-state index in [-0.39, 0.29) is 5.15 Å². The van der Waals surface area contributed by atoms with Crippen molar-refractivity contribution in [3.05, 3.63) is 15.3 Å². The highest BCUT2D eigenvalue weighted by Gasteiger charge is 2.49. The molecule has 4 atom stereocenters. The van der Waals surface area contributed by atoms with E-state index in [1.165, 1.54) is 20.2 Å². The van der Waals surface area contributed by atoms with Crippen molar-refractivity contribution in [1.82, 2.24) is 19.5 Å². The first-order chi connectivity index (χ1) is 12.3. The van der Waals surface area contributed by atoms with Crippen LogP contribution in [0.4, 0.5) is 0 Å². The largest absolute Gasteiger partial charge is 0.456 e. The first kappa shape index (κ1) is 19.2. The summed E-state index contributed by atoms with van der Waals surface area (Å²) in [7, 11) is 0. The molecule has 1 fully saturated rings. The molecular formula is C15H16ClIN4O5. The topological polar surface area (TPSA) is 105 Å². The zero-order valence-electron chi connectivity index (χ0n) is 14.2. The molecule has 140 valence electrons. The molecule has 0 amide bonds. The number of hydrogen-bond donors (Lipinski definition) is 0. The number of carbonyl (C=O) groups excluding carboxylic acids is 2. The van der Waals surface area contributed by atoms with E-state index in [0.717, 1.165) is 0 Å². The van der Waals surface area contributed by atoms with Gasteiger partial charge < -0.3 is 14.2 Å². The van der Waals surface area contributed by atoms with Crippen molar-refractivity contribution in [1.29, 1.82) is 0 Å². The second-order valence-corrected chi connectivity index (χ2v) is 7.05. The third-order valence-electron chi connectivity index (χ3n) is 3.92. The average Bonchev–Trinajstić information content (AvgIpc) is 3.09. The minimum atomic E-state index is -0.842. The van der Waals surface area contributed by atoms with Gasteiger partial charge in [0.05, 0.1) is 6.33 Å². The van der Waals surface area contributed by atoms with Crippen molar-refractivity contribution >= 4 is 57.3 Å². The number of rotatable bonds is 4. The van der Waals surface area contributed by atoms with Crippen LogP contribution in [-0.4, -0.2) is 49.8 Å². The first-order valence-corrected chi connectivity index (χ1v) is 9.33. The van der Waals surface area contributed by atoms with Gasteiger partial charge in [-0.25, -0.2) is 15.0 Å². The summed E-state index contributed by atoms with van der Waals surface area (Å²) in [5.74, 6) is -0.991. The van der Waals surface area contributed by atoms with Crippen LogP contribution < -0.4 is 0 Å². The fourth-order valence-corrected chi connectivity index (χ4v) is 3.78. The molecule has 1 unspecified atom stereocenters. The molecule has 0 aromatic carbocycles. The van der Waals surface area contributed by atoms with Crippen molar-refractivity contribution < 1.29 is 23.8 Å². The highest BCUT2D eigenvalue weighted by atomic mass is 127. The van der Waals surface area contributed by atoms with Gasteiger partial charge in [-0.1, -0.05) is 18.5 Å². The molecule has 2 aromatic rings. The van der Waals surface area contributed by atoms with Crippen molar-refractivity contribution in [2.24, 2.45) is 0 Å². The minimum absolute atomic E-state index is 0.212. The molecule has 0 spiro atoms. The Hall–Kier alpha value is -1.53. The van der Waals surface area contributed by atoms with Gasteiger partial charge in [-0.3, -0.25) is 14.2 Å². The maximum atomic E-state index is 11.6. The molecule has 0 saturated carbocycles. The SMILES string of the molecule is CC[C@H]1O[C@@H](n2cnc3c(Cl)nc(I)nc32)C(OC(C)=O)[C@H]1OC(C)=O. The van der Waals surface area contributed by atoms with Gasteiger partial charge >= 0.3 is 11.9 Å². The zero-order valence-corrected chi connectivity index (χ0v) is 17.1. The summed E-state index contributed by atoms with van der Waals surface area (Å²) in [6.45, 7) is 4.48. The van der Waals surface area contributed by atoms with E-state index in [4.69, 9.17) is 25.8 Å². The summed E-state index contributed by atoms with van der Waals surface area (Å²) in [5.41, 5.74) is 0.844. The summed E-state index contributed by atoms with van der Waals surface area (Å²) in [4.78, 5) is 35.8. The fourth-order valence-electron chi connectivity index (χ4n) is 2.96. The van der Waals surface area contributed by atoms with Crippen LogP contribution in [0.25, 0.3) is 11.2 Å². The predicted molar refractivity (Wildman–Crippen MR) is 98.4 cm³/mol. The maximum Gasteiger partial charge on any atom is 0.303 e. The molecule has 0 N–H and O–H groups in total. The van der Waals surface area contributed by atoms with Crippen LogP contribution in [0.1, 0.15) is 33.4 Å². The molecule has 0 radical (unpaired) electrons. The summed E-state index contributed by atoms with van der Waals surface area (Å²) in [6, 6.07) is 0. The molecular weight excluding hydrogens is 479 g/mol. The van der Waals surface area contributed by atoms with Crippen molar-refractivity contribution in [2.75, 3.05) is 0 Å². The van der Waals surface area contributed by atoms with Gasteiger partial charge in [-0.2, -0.15) is 0 Å². The van der Waals surface area contributed by atoms with Crippen molar-refractivity contribution in [3.63, 3.8) is 0 Å². The molecule has 0 aliphatic carbocycles. The molecule has 9 nitrogen and oxygen atoms in total. The van der Waals surface area contributed by atoms with Gasteiger partial charge in [0.25, 0.3) is 0 Å². The fraction of sp³-hybridized carbons (Fsp3) is 0.533. The van der Waals surface area contributed by atoms with Crippen molar-refractivity contribution in [3.8, 4) is 0 Å². The van der Waals surface area contributed by atoms with Crippen LogP contribution in [0.15, 0.2) is 6.33 Å². The van der Waals surface area contributed by atoms with E-state index in [2.05, 4.69) is 15.0 Å². The van der Waals surface area contributed by atoms with Gasteiger partial charge in [-0.05, 0) is 6.42 Å². The Morgan fingerprint density at radius 1 is 1.27 bits per heavy atom. The lowest BCUT2D eigenvalue weighted by Crippen LogP contribution is -2.38. The molecule has 3 heterocycles. The predicted octanol–water partition coefficient (Wildman–Crippen LogP) is 2.26. The van der Waals surface area contributed by atoms with Crippen LogP contribution >= 0.6 is 34.2 Å². The Morgan fingerprint density at radius 2 is 1.92 bits per heavy atom. The Kier molecular flexibility index (Phi) is 5.63. The first-order valence-electron chi connectivity index (χ1n) is 7.87. The molecule has 0 bridgehead atoms. The summed E-state index contributed by atoms with van der Waals surface area (Å²) >= 11 is 8.07. The number of ether oxygens (including phenoxy) is 3. The Bertz CT molecular complexity index is 860. The van der Waals surface area contributed by atoms with Crippen LogP contribution in [0.5, 0.6) is 0 Å². The normalized spacial score (nSPS) is 25.4. The number of fused-ring (bicyclic) bond motifs is 1. The van der Waals surface area contributed by atoms with E-state index in [0.29, 0.717) is 21.4 Å². The van der Waals surface area contributed by atoms with E-state index in [1.54, 1.807) is 4.57 Å². The molecule has 1 aliphatic rings. The minimum Gasteiger partial charge on any atom is -0.456 e. The van der Waals surface area contributed by atoms with E-state index in [1.807, 2.05) is 29.5 Å². The molecule has 2 aromatic heterocycles. The monoisotopic (exact) mass is 494 g/mol. The van der Waals surface area contributed by atoms with Gasteiger partial charge in [-0.15, -0.1) is 0 Å². The second-order valence-electron chi connectivity index (χ2n) is 5.73. The lowest BCUT2D eigenvalue weighted by molar-refractivity contribution is -0.165. The van der Waals surface area contributed by atoms with E-state index < -0.39 is 36.5 Å². The van der Waals surface area contributed by atoms with Crippen LogP contribution in [0.3, 0.4) is 0 Å². The lowest BCUT2D eigenvalue weighted by Gasteiger charge is -2.23. The van der Waals surface area contributed by atoms with Crippen LogP contribution in [0, 0.1) is 3.83 Å². The van der Waals surface area contributed by atoms with Gasteiger partial charge in [0.15, 0.2) is 33.1 Å². The lowest BCUT2D eigenvalue weighted by atomic mass is 10.1. The number of aromatic nitrogens is 4. The zero-order chi connectivity index (χ0) is 19.0. The highest BCUT2D eigenvalue weighted by Crippen LogP contribution is 2.37. The summed E-state index contributed by atoms with van der Waals surface area (Å²) < 4.78 is 18.9. The quantitative estimate of drug-likeness (QED) is 0.276. The second kappa shape index (κ2) is 7.61. The Labute approximate surface area is 167 Å². The number of hydrogen-bond acceptors (Lipinski definition) is 8. The number of carbonyl (C=O) groups is 2. The summed E-state index contributed by atoms with van der Waals surface area (Å²) in [5, 5.41) is 0.212. The third kappa shape index (κ3) is 3.62. The van der Waals surface area contributed by atoms with Gasteiger partial charge in [0.1, 0.15) is 11.6 Å².